The molecule has 1 aromatic carbocycles. The molecular weight excluding hydrogens is 460 g/mol. The quantitative estimate of drug-likeness (QED) is 0.477. The van der Waals surface area contributed by atoms with Gasteiger partial charge in [-0.2, -0.15) is 5.26 Å². The molecule has 8 heteroatoms. The van der Waals surface area contributed by atoms with Gasteiger partial charge in [0.2, 0.25) is 5.91 Å². The maximum atomic E-state index is 13.2. The number of amides is 1. The molecule has 0 saturated heterocycles. The first-order chi connectivity index (χ1) is 17.0. The van der Waals surface area contributed by atoms with Gasteiger partial charge in [0, 0.05) is 18.9 Å². The largest absolute Gasteiger partial charge is 0.463 e. The first-order valence-corrected chi connectivity index (χ1v) is 12.6. The second-order valence-electron chi connectivity index (χ2n) is 8.39. The second-order valence-corrected chi connectivity index (χ2v) is 9.38. The number of hydrogen-bond donors (Lipinski definition) is 2. The van der Waals surface area contributed by atoms with Crippen molar-refractivity contribution in [3.8, 4) is 6.07 Å². The molecule has 1 atom stereocenters. The third-order valence-corrected chi connectivity index (χ3v) is 6.46. The first-order valence-electron chi connectivity index (χ1n) is 11.6. The number of nitrogens with one attached hydrogen (secondary N) is 2. The number of thioether (sulfide) groups is 1. The van der Waals surface area contributed by atoms with Gasteiger partial charge >= 0.3 is 5.97 Å². The fourth-order valence-electron chi connectivity index (χ4n) is 3.74. The van der Waals surface area contributed by atoms with Crippen LogP contribution in [0, 0.1) is 17.2 Å². The van der Waals surface area contributed by atoms with E-state index in [1.807, 2.05) is 30.3 Å². The van der Waals surface area contributed by atoms with Crippen LogP contribution in [0.25, 0.3) is 5.70 Å². The Bertz CT molecular complexity index is 1140. The monoisotopic (exact) mass is 490 g/mol. The van der Waals surface area contributed by atoms with Crippen molar-refractivity contribution in [2.75, 3.05) is 18.9 Å². The summed E-state index contributed by atoms with van der Waals surface area (Å²) in [5, 5.41) is 17.0. The number of hydrogen-bond acceptors (Lipinski definition) is 7. The Balaban J connectivity index is 2.04. The van der Waals surface area contributed by atoms with Crippen LogP contribution < -0.4 is 10.6 Å². The number of carbonyl (C=O) groups is 2. The molecule has 0 aliphatic carbocycles. The number of ether oxygens (including phenoxy) is 1. The predicted octanol–water partition coefficient (Wildman–Crippen LogP) is 4.37. The van der Waals surface area contributed by atoms with E-state index in [4.69, 9.17) is 4.74 Å². The van der Waals surface area contributed by atoms with E-state index in [-0.39, 0.29) is 18.3 Å². The lowest BCUT2D eigenvalue weighted by Gasteiger charge is -2.30. The fourth-order valence-corrected chi connectivity index (χ4v) is 4.61. The van der Waals surface area contributed by atoms with Crippen molar-refractivity contribution >= 4 is 29.3 Å². The number of nitrogens with zero attached hydrogens (tertiary/aromatic N) is 2. The zero-order valence-corrected chi connectivity index (χ0v) is 21.0. The van der Waals surface area contributed by atoms with E-state index in [2.05, 4.69) is 35.5 Å². The van der Waals surface area contributed by atoms with Gasteiger partial charge < -0.3 is 15.4 Å². The van der Waals surface area contributed by atoms with E-state index < -0.39 is 11.9 Å². The van der Waals surface area contributed by atoms with Gasteiger partial charge in [-0.1, -0.05) is 55.9 Å². The van der Waals surface area contributed by atoms with Crippen LogP contribution in [0.1, 0.15) is 44.2 Å². The van der Waals surface area contributed by atoms with Crippen LogP contribution in [0.4, 0.5) is 0 Å². The molecule has 3 rings (SSSR count). The Morgan fingerprint density at radius 1 is 1.20 bits per heavy atom. The molecule has 0 spiro atoms. The lowest BCUT2D eigenvalue weighted by molar-refractivity contribution is -0.138. The molecule has 2 N–H and O–H groups in total. The topological polar surface area (TPSA) is 104 Å². The third-order valence-electron chi connectivity index (χ3n) is 5.44. The minimum Gasteiger partial charge on any atom is -0.463 e. The van der Waals surface area contributed by atoms with Crippen LogP contribution in [0.2, 0.25) is 0 Å². The third kappa shape index (κ3) is 6.74. The molecule has 0 fully saturated rings. The predicted molar refractivity (Wildman–Crippen MR) is 138 cm³/mol. The normalized spacial score (nSPS) is 15.5. The van der Waals surface area contributed by atoms with Crippen molar-refractivity contribution in [2.24, 2.45) is 5.92 Å². The highest BCUT2D eigenvalue weighted by atomic mass is 32.2. The molecule has 2 aromatic rings. The highest BCUT2D eigenvalue weighted by Gasteiger charge is 2.37. The van der Waals surface area contributed by atoms with Crippen molar-refractivity contribution in [2.45, 2.75) is 33.1 Å². The molecule has 2 heterocycles. The van der Waals surface area contributed by atoms with Gasteiger partial charge in [-0.05, 0) is 42.5 Å². The van der Waals surface area contributed by atoms with E-state index in [1.54, 1.807) is 31.5 Å². The minimum absolute atomic E-state index is 0.107. The average Bonchev–Trinajstić information content (AvgIpc) is 2.87. The van der Waals surface area contributed by atoms with Crippen molar-refractivity contribution in [1.82, 2.24) is 15.6 Å². The number of benzene rings is 1. The Kier molecular flexibility index (Phi) is 9.50. The van der Waals surface area contributed by atoms with Crippen LogP contribution in [-0.2, 0) is 14.3 Å². The summed E-state index contributed by atoms with van der Waals surface area (Å²) in [5.74, 6) is -0.624. The van der Waals surface area contributed by atoms with Gasteiger partial charge in [-0.25, -0.2) is 4.79 Å². The molecule has 1 aliphatic heterocycles. The maximum absolute atomic E-state index is 13.2. The SMILES string of the molecule is CCOC(=O)C1=C(c2ccccc2)NC(SCC(=O)NCCC(C)C)=C(C#N)[C@@H]1c1ccncc1. The summed E-state index contributed by atoms with van der Waals surface area (Å²) in [6.07, 6.45) is 4.16. The Hall–Kier alpha value is -3.57. The molecular formula is C27H30N4O3S. The highest BCUT2D eigenvalue weighted by Crippen LogP contribution is 2.43. The molecule has 182 valence electrons. The number of dihydropyridines is 1. The number of rotatable bonds is 10. The van der Waals surface area contributed by atoms with Crippen LogP contribution in [0.3, 0.4) is 0 Å². The molecule has 7 nitrogen and oxygen atoms in total. The molecule has 0 radical (unpaired) electrons. The van der Waals surface area contributed by atoms with Crippen LogP contribution in [0.5, 0.6) is 0 Å². The Morgan fingerprint density at radius 3 is 2.54 bits per heavy atom. The van der Waals surface area contributed by atoms with Crippen molar-refractivity contribution < 1.29 is 14.3 Å². The van der Waals surface area contributed by atoms with E-state index in [0.717, 1.165) is 17.5 Å². The van der Waals surface area contributed by atoms with Crippen LogP contribution in [-0.4, -0.2) is 35.8 Å². The number of esters is 1. The summed E-state index contributed by atoms with van der Waals surface area (Å²) in [5.41, 5.74) is 2.80. The van der Waals surface area contributed by atoms with E-state index in [9.17, 15) is 14.9 Å². The van der Waals surface area contributed by atoms with Gasteiger partial charge in [0.1, 0.15) is 0 Å². The van der Waals surface area contributed by atoms with Crippen molar-refractivity contribution in [3.05, 3.63) is 82.2 Å². The number of carbonyl (C=O) groups excluding carboxylic acids is 2. The molecule has 0 saturated carbocycles. The summed E-state index contributed by atoms with van der Waals surface area (Å²) >= 11 is 1.25. The molecule has 0 bridgehead atoms. The van der Waals surface area contributed by atoms with E-state index in [1.165, 1.54) is 11.8 Å². The molecule has 1 aromatic heterocycles. The maximum Gasteiger partial charge on any atom is 0.337 e. The zero-order chi connectivity index (χ0) is 25.2. The molecule has 1 aliphatic rings. The minimum atomic E-state index is -0.662. The summed E-state index contributed by atoms with van der Waals surface area (Å²) in [4.78, 5) is 29.8. The number of allylic oxidation sites excluding steroid dienone is 1. The molecule has 1 amide bonds. The summed E-state index contributed by atoms with van der Waals surface area (Å²) < 4.78 is 5.42. The van der Waals surface area contributed by atoms with Gasteiger partial charge in [-0.15, -0.1) is 0 Å². The average molecular weight is 491 g/mol. The van der Waals surface area contributed by atoms with Gasteiger partial charge in [-0.3, -0.25) is 9.78 Å². The van der Waals surface area contributed by atoms with Crippen LogP contribution >= 0.6 is 11.8 Å². The number of pyridine rings is 1. The number of aromatic nitrogens is 1. The zero-order valence-electron chi connectivity index (χ0n) is 20.2. The molecule has 35 heavy (non-hydrogen) atoms. The second kappa shape index (κ2) is 12.8. The van der Waals surface area contributed by atoms with Crippen LogP contribution in [0.15, 0.2) is 71.0 Å². The lowest BCUT2D eigenvalue weighted by Crippen LogP contribution is -2.31. The standard InChI is InChI=1S/C27H30N4O3S/c1-4-34-27(33)24-23(19-11-13-29-14-12-19)21(16-28)26(31-25(24)20-8-6-5-7-9-20)35-17-22(32)30-15-10-18(2)3/h5-9,11-14,18,23,31H,4,10,15,17H2,1-3H3,(H,30,32)/t23-/m0/s1. The van der Waals surface area contributed by atoms with Gasteiger partial charge in [0.05, 0.1) is 46.2 Å². The first kappa shape index (κ1) is 26.0. The Morgan fingerprint density at radius 2 is 1.91 bits per heavy atom. The fraction of sp³-hybridized carbons (Fsp3) is 0.333. The highest BCUT2D eigenvalue weighted by molar-refractivity contribution is 8.03. The van der Waals surface area contributed by atoms with Crippen molar-refractivity contribution in [1.29, 1.82) is 5.26 Å². The summed E-state index contributed by atoms with van der Waals surface area (Å²) in [6, 6.07) is 15.3. The summed E-state index contributed by atoms with van der Waals surface area (Å²) in [7, 11) is 0. The summed E-state index contributed by atoms with van der Waals surface area (Å²) in [6.45, 7) is 6.77. The van der Waals surface area contributed by atoms with E-state index in [0.29, 0.717) is 34.3 Å². The lowest BCUT2D eigenvalue weighted by atomic mass is 9.81. The number of nitriles is 1. The smallest absolute Gasteiger partial charge is 0.337 e. The Labute approximate surface area is 210 Å². The van der Waals surface area contributed by atoms with Crippen molar-refractivity contribution in [3.63, 3.8) is 0 Å². The van der Waals surface area contributed by atoms with Gasteiger partial charge in [0.25, 0.3) is 0 Å². The van der Waals surface area contributed by atoms with Gasteiger partial charge in [0.15, 0.2) is 0 Å². The van der Waals surface area contributed by atoms with E-state index >= 15 is 0 Å². The molecule has 0 unspecified atom stereocenters.